The van der Waals surface area contributed by atoms with Gasteiger partial charge in [0.25, 0.3) is 0 Å². The minimum Gasteiger partial charge on any atom is -0.438 e. The van der Waals surface area contributed by atoms with Gasteiger partial charge in [-0.3, -0.25) is 4.68 Å². The number of hydrogen-bond acceptors (Lipinski definition) is 4. The number of benzene rings is 3. The molecular formula is C24H20N4OSi. The number of aromatic nitrogens is 2. The minimum absolute atomic E-state index is 0.316. The minimum atomic E-state index is -2.91. The Kier molecular flexibility index (Phi) is 5.55. The first kappa shape index (κ1) is 19.4. The van der Waals surface area contributed by atoms with Crippen LogP contribution in [0.3, 0.4) is 0 Å². The van der Waals surface area contributed by atoms with Crippen molar-refractivity contribution in [2.24, 2.45) is 12.2 Å². The molecule has 146 valence electrons. The number of oxime groups is 1. The van der Waals surface area contributed by atoms with E-state index in [-0.39, 0.29) is 0 Å². The van der Waals surface area contributed by atoms with E-state index in [9.17, 15) is 5.26 Å². The molecule has 4 rings (SSSR count). The van der Waals surface area contributed by atoms with Crippen molar-refractivity contribution in [2.45, 2.75) is 0 Å². The molecular weight excluding hydrogens is 388 g/mol. The monoisotopic (exact) mass is 408 g/mol. The molecule has 3 aromatic carbocycles. The molecule has 0 saturated carbocycles. The van der Waals surface area contributed by atoms with E-state index in [1.165, 1.54) is 0 Å². The van der Waals surface area contributed by atoms with Gasteiger partial charge in [0.2, 0.25) is 0 Å². The van der Waals surface area contributed by atoms with Crippen molar-refractivity contribution in [2.75, 3.05) is 0 Å². The Morgan fingerprint density at radius 2 is 1.33 bits per heavy atom. The number of nitriles is 1. The predicted molar refractivity (Wildman–Crippen MR) is 121 cm³/mol. The average molecular weight is 409 g/mol. The smallest absolute Gasteiger partial charge is 0.380 e. The summed E-state index contributed by atoms with van der Waals surface area (Å²) in [5, 5.41) is 21.1. The summed E-state index contributed by atoms with van der Waals surface area (Å²) < 4.78 is 8.06. The lowest BCUT2D eigenvalue weighted by molar-refractivity contribution is 0.351. The fourth-order valence-electron chi connectivity index (χ4n) is 3.53. The van der Waals surface area contributed by atoms with Crippen LogP contribution in [-0.2, 0) is 11.6 Å². The van der Waals surface area contributed by atoms with Crippen LogP contribution in [0.4, 0.5) is 0 Å². The highest BCUT2D eigenvalue weighted by Crippen LogP contribution is 2.11. The fourth-order valence-corrected chi connectivity index (χ4v) is 7.04. The van der Waals surface area contributed by atoms with Crippen molar-refractivity contribution in [1.82, 2.24) is 9.78 Å². The summed E-state index contributed by atoms with van der Waals surface area (Å²) in [6.45, 7) is 0. The Balaban J connectivity index is 1.87. The van der Waals surface area contributed by atoms with Crippen molar-refractivity contribution in [3.8, 4) is 6.07 Å². The molecule has 0 amide bonds. The van der Waals surface area contributed by atoms with Crippen molar-refractivity contribution in [3.05, 3.63) is 108 Å². The molecule has 0 saturated heterocycles. The zero-order chi connectivity index (χ0) is 20.8. The van der Waals surface area contributed by atoms with E-state index in [0.29, 0.717) is 11.3 Å². The molecule has 1 heterocycles. The largest absolute Gasteiger partial charge is 0.438 e. The SMILES string of the molecule is Cn1cc(C=NO[Si](c2ccccc2)(c2ccccc2)c2ccccc2)c(C#N)n1. The molecule has 0 aliphatic carbocycles. The van der Waals surface area contributed by atoms with Gasteiger partial charge in [-0.15, -0.1) is 5.16 Å². The molecule has 0 aliphatic rings. The number of nitrogens with zero attached hydrogens (tertiary/aromatic N) is 4. The zero-order valence-corrected chi connectivity index (χ0v) is 17.5. The molecule has 1 aromatic heterocycles. The fraction of sp³-hybridized carbons (Fsp3) is 0.0417. The summed E-state index contributed by atoms with van der Waals surface area (Å²) in [6.07, 6.45) is 3.32. The zero-order valence-electron chi connectivity index (χ0n) is 16.5. The van der Waals surface area contributed by atoms with Crippen molar-refractivity contribution in [1.29, 1.82) is 5.26 Å². The number of aryl methyl sites for hydroxylation is 1. The second kappa shape index (κ2) is 8.60. The van der Waals surface area contributed by atoms with E-state index in [0.717, 1.165) is 15.6 Å². The Hall–Kier alpha value is -3.95. The van der Waals surface area contributed by atoms with Crippen LogP contribution in [0, 0.1) is 11.3 Å². The summed E-state index contributed by atoms with van der Waals surface area (Å²) in [5.74, 6) is 0. The average Bonchev–Trinajstić information content (AvgIpc) is 3.18. The van der Waals surface area contributed by atoms with Gasteiger partial charge in [-0.2, -0.15) is 10.4 Å². The molecule has 0 spiro atoms. The maximum Gasteiger partial charge on any atom is 0.380 e. The molecule has 0 fully saturated rings. The molecule has 0 atom stereocenters. The molecule has 4 aromatic rings. The van der Waals surface area contributed by atoms with Gasteiger partial charge in [0, 0.05) is 13.2 Å². The van der Waals surface area contributed by atoms with Gasteiger partial charge in [-0.25, -0.2) is 0 Å². The summed E-state index contributed by atoms with van der Waals surface area (Å²) in [7, 11) is -1.13. The van der Waals surface area contributed by atoms with Crippen LogP contribution in [-0.4, -0.2) is 24.3 Å². The van der Waals surface area contributed by atoms with E-state index < -0.39 is 8.32 Å². The van der Waals surface area contributed by atoms with Gasteiger partial charge in [0.15, 0.2) is 5.69 Å². The Bertz CT molecular complexity index is 1090. The lowest BCUT2D eigenvalue weighted by Crippen LogP contribution is -2.68. The molecule has 0 N–H and O–H groups in total. The third kappa shape index (κ3) is 3.66. The Morgan fingerprint density at radius 3 is 1.77 bits per heavy atom. The van der Waals surface area contributed by atoms with Gasteiger partial charge < -0.3 is 4.53 Å². The Labute approximate surface area is 176 Å². The van der Waals surface area contributed by atoms with Gasteiger partial charge >= 0.3 is 8.32 Å². The van der Waals surface area contributed by atoms with Gasteiger partial charge in [0.1, 0.15) is 6.07 Å². The lowest BCUT2D eigenvalue weighted by atomic mass is 10.3. The molecule has 0 unspecified atom stereocenters. The van der Waals surface area contributed by atoms with Gasteiger partial charge in [-0.1, -0.05) is 91.0 Å². The standard InChI is InChI=1S/C24H20N4OSi/c1-28-19-20(24(17-25)27-28)18-26-29-30(21-11-5-2-6-12-21,22-13-7-3-8-14-22)23-15-9-4-10-16-23/h2-16,18-19H,1H3. The molecule has 0 radical (unpaired) electrons. The lowest BCUT2D eigenvalue weighted by Gasteiger charge is -2.29. The first-order valence-corrected chi connectivity index (χ1v) is 11.5. The van der Waals surface area contributed by atoms with Gasteiger partial charge in [0.05, 0.1) is 11.8 Å². The van der Waals surface area contributed by atoms with Crippen LogP contribution < -0.4 is 15.6 Å². The first-order valence-electron chi connectivity index (χ1n) is 9.56. The van der Waals surface area contributed by atoms with E-state index in [1.54, 1.807) is 24.1 Å². The van der Waals surface area contributed by atoms with Crippen LogP contribution in [0.2, 0.25) is 0 Å². The third-order valence-corrected chi connectivity index (χ3v) is 8.70. The quantitative estimate of drug-likeness (QED) is 0.213. The van der Waals surface area contributed by atoms with Crippen LogP contribution in [0.25, 0.3) is 0 Å². The molecule has 0 aliphatic heterocycles. The predicted octanol–water partition coefficient (Wildman–Crippen LogP) is 2.31. The molecule has 5 nitrogen and oxygen atoms in total. The summed E-state index contributed by atoms with van der Waals surface area (Å²) in [5.41, 5.74) is 0.938. The number of rotatable bonds is 6. The topological polar surface area (TPSA) is 63.2 Å². The third-order valence-electron chi connectivity index (χ3n) is 4.89. The molecule has 0 bridgehead atoms. The highest BCUT2D eigenvalue weighted by Gasteiger charge is 2.44. The first-order chi connectivity index (χ1) is 14.7. The van der Waals surface area contributed by atoms with Crippen LogP contribution in [0.1, 0.15) is 11.3 Å². The highest BCUT2D eigenvalue weighted by molar-refractivity contribution is 7.07. The van der Waals surface area contributed by atoms with E-state index in [1.807, 2.05) is 54.6 Å². The normalized spacial score (nSPS) is 11.3. The van der Waals surface area contributed by atoms with Crippen molar-refractivity contribution >= 4 is 30.1 Å². The van der Waals surface area contributed by atoms with Crippen LogP contribution in [0.15, 0.2) is 102 Å². The van der Waals surface area contributed by atoms with Crippen LogP contribution >= 0.6 is 0 Å². The summed E-state index contributed by atoms with van der Waals surface area (Å²) in [6, 6.07) is 32.7. The highest BCUT2D eigenvalue weighted by atomic mass is 28.4. The van der Waals surface area contributed by atoms with E-state index >= 15 is 0 Å². The van der Waals surface area contributed by atoms with E-state index in [2.05, 4.69) is 52.7 Å². The van der Waals surface area contributed by atoms with Crippen molar-refractivity contribution in [3.63, 3.8) is 0 Å². The second-order valence-electron chi connectivity index (χ2n) is 6.82. The van der Waals surface area contributed by atoms with Crippen molar-refractivity contribution < 1.29 is 4.53 Å². The summed E-state index contributed by atoms with van der Waals surface area (Å²) in [4.78, 5) is 0. The maximum atomic E-state index is 9.31. The summed E-state index contributed by atoms with van der Waals surface area (Å²) >= 11 is 0. The molecule has 30 heavy (non-hydrogen) atoms. The second-order valence-corrected chi connectivity index (χ2v) is 10.1. The maximum absolute atomic E-state index is 9.31. The van der Waals surface area contributed by atoms with Crippen LogP contribution in [0.5, 0.6) is 0 Å². The molecule has 6 heteroatoms. The number of hydrogen-bond donors (Lipinski definition) is 0. The van der Waals surface area contributed by atoms with E-state index in [4.69, 9.17) is 4.53 Å². The Morgan fingerprint density at radius 1 is 0.867 bits per heavy atom. The van der Waals surface area contributed by atoms with Gasteiger partial charge in [-0.05, 0) is 15.6 Å².